The Morgan fingerprint density at radius 2 is 2.25 bits per heavy atom. The minimum absolute atomic E-state index is 0.176. The molecule has 1 rings (SSSR count). The van der Waals surface area contributed by atoms with Crippen molar-refractivity contribution in [2.75, 3.05) is 26.2 Å². The Labute approximate surface area is 98.8 Å². The average molecular weight is 227 g/mol. The Hall–Kier alpha value is -0.610. The summed E-state index contributed by atoms with van der Waals surface area (Å²) in [4.78, 5) is 15.9. The molecule has 1 aliphatic heterocycles. The fourth-order valence-electron chi connectivity index (χ4n) is 2.49. The van der Waals surface area contributed by atoms with Crippen molar-refractivity contribution in [3.63, 3.8) is 0 Å². The standard InChI is InChI=1S/C12H25N3O/c1-10(2)15(11(3)16)9-12-5-4-7-14(12)8-6-13/h10,12H,4-9,13H2,1-3H3/t12-/m0/s1. The first-order chi connectivity index (χ1) is 7.56. The number of carbonyl (C=O) groups excluding carboxylic acids is 1. The second-order valence-electron chi connectivity index (χ2n) is 4.89. The van der Waals surface area contributed by atoms with Crippen LogP contribution in [0.4, 0.5) is 0 Å². The van der Waals surface area contributed by atoms with Crippen LogP contribution in [-0.4, -0.2) is 54.0 Å². The van der Waals surface area contributed by atoms with Crippen LogP contribution in [-0.2, 0) is 4.79 Å². The molecule has 0 aromatic rings. The average Bonchev–Trinajstić information content (AvgIpc) is 2.61. The minimum Gasteiger partial charge on any atom is -0.339 e. The third-order valence-corrected chi connectivity index (χ3v) is 3.35. The van der Waals surface area contributed by atoms with Crippen LogP contribution in [0.3, 0.4) is 0 Å². The normalized spacial score (nSPS) is 21.7. The van der Waals surface area contributed by atoms with E-state index < -0.39 is 0 Å². The van der Waals surface area contributed by atoms with Gasteiger partial charge < -0.3 is 10.6 Å². The third-order valence-electron chi connectivity index (χ3n) is 3.35. The van der Waals surface area contributed by atoms with E-state index in [1.165, 1.54) is 12.8 Å². The van der Waals surface area contributed by atoms with Gasteiger partial charge in [-0.05, 0) is 33.2 Å². The van der Waals surface area contributed by atoms with Crippen molar-refractivity contribution in [2.45, 2.75) is 45.7 Å². The molecule has 1 saturated heterocycles. The van der Waals surface area contributed by atoms with Crippen LogP contribution >= 0.6 is 0 Å². The summed E-state index contributed by atoms with van der Waals surface area (Å²) in [6.07, 6.45) is 2.42. The van der Waals surface area contributed by atoms with Crippen LogP contribution in [0, 0.1) is 0 Å². The summed E-state index contributed by atoms with van der Waals surface area (Å²) in [5.41, 5.74) is 5.60. The highest BCUT2D eigenvalue weighted by Crippen LogP contribution is 2.18. The van der Waals surface area contributed by atoms with Gasteiger partial charge in [-0.2, -0.15) is 0 Å². The van der Waals surface area contributed by atoms with E-state index in [0.29, 0.717) is 12.6 Å². The molecular formula is C12H25N3O. The zero-order valence-corrected chi connectivity index (χ0v) is 10.8. The quantitative estimate of drug-likeness (QED) is 0.751. The number of nitrogens with two attached hydrogens (primary N) is 1. The minimum atomic E-state index is 0.176. The molecule has 0 aromatic carbocycles. The van der Waals surface area contributed by atoms with E-state index in [2.05, 4.69) is 18.7 Å². The fourth-order valence-corrected chi connectivity index (χ4v) is 2.49. The van der Waals surface area contributed by atoms with Gasteiger partial charge in [0.1, 0.15) is 0 Å². The van der Waals surface area contributed by atoms with E-state index in [-0.39, 0.29) is 11.9 Å². The summed E-state index contributed by atoms with van der Waals surface area (Å²) in [5, 5.41) is 0. The van der Waals surface area contributed by atoms with Gasteiger partial charge in [0.05, 0.1) is 0 Å². The van der Waals surface area contributed by atoms with Gasteiger partial charge in [-0.25, -0.2) is 0 Å². The van der Waals surface area contributed by atoms with Gasteiger partial charge in [-0.15, -0.1) is 0 Å². The van der Waals surface area contributed by atoms with Crippen molar-refractivity contribution in [1.29, 1.82) is 0 Å². The molecule has 0 aromatic heterocycles. The first kappa shape index (κ1) is 13.5. The van der Waals surface area contributed by atoms with E-state index in [1.807, 2.05) is 4.90 Å². The fraction of sp³-hybridized carbons (Fsp3) is 0.917. The molecule has 1 heterocycles. The first-order valence-electron chi connectivity index (χ1n) is 6.27. The van der Waals surface area contributed by atoms with E-state index in [1.54, 1.807) is 6.92 Å². The summed E-state index contributed by atoms with van der Waals surface area (Å²) < 4.78 is 0. The smallest absolute Gasteiger partial charge is 0.219 e. The number of carbonyl (C=O) groups is 1. The van der Waals surface area contributed by atoms with Crippen LogP contribution in [0.15, 0.2) is 0 Å². The molecule has 0 unspecified atom stereocenters. The third kappa shape index (κ3) is 3.46. The molecular weight excluding hydrogens is 202 g/mol. The lowest BCUT2D eigenvalue weighted by atomic mass is 10.2. The highest BCUT2D eigenvalue weighted by molar-refractivity contribution is 5.73. The summed E-state index contributed by atoms with van der Waals surface area (Å²) in [6, 6.07) is 0.799. The second-order valence-corrected chi connectivity index (χ2v) is 4.89. The summed E-state index contributed by atoms with van der Waals surface area (Å²) in [5.74, 6) is 0.176. The Morgan fingerprint density at radius 3 is 2.75 bits per heavy atom. The monoisotopic (exact) mass is 227 g/mol. The largest absolute Gasteiger partial charge is 0.339 e. The van der Waals surface area contributed by atoms with Gasteiger partial charge in [0.25, 0.3) is 0 Å². The van der Waals surface area contributed by atoms with Crippen LogP contribution in [0.1, 0.15) is 33.6 Å². The van der Waals surface area contributed by atoms with E-state index in [4.69, 9.17) is 5.73 Å². The molecule has 0 aliphatic carbocycles. The number of hydrogen-bond donors (Lipinski definition) is 1. The Kier molecular flexibility index (Phi) is 5.22. The molecule has 1 amide bonds. The van der Waals surface area contributed by atoms with Crippen molar-refractivity contribution in [1.82, 2.24) is 9.80 Å². The summed E-state index contributed by atoms with van der Waals surface area (Å²) in [6.45, 7) is 9.45. The number of hydrogen-bond acceptors (Lipinski definition) is 3. The van der Waals surface area contributed by atoms with Gasteiger partial charge in [0, 0.05) is 38.6 Å². The van der Waals surface area contributed by atoms with Gasteiger partial charge in [0.2, 0.25) is 5.91 Å². The Balaban J connectivity index is 2.53. The molecule has 94 valence electrons. The number of amides is 1. The van der Waals surface area contributed by atoms with Crippen LogP contribution in [0.5, 0.6) is 0 Å². The number of rotatable bonds is 5. The first-order valence-corrected chi connectivity index (χ1v) is 6.27. The summed E-state index contributed by atoms with van der Waals surface area (Å²) >= 11 is 0. The zero-order chi connectivity index (χ0) is 12.1. The lowest BCUT2D eigenvalue weighted by Crippen LogP contribution is -2.46. The van der Waals surface area contributed by atoms with E-state index >= 15 is 0 Å². The van der Waals surface area contributed by atoms with Crippen molar-refractivity contribution in [3.05, 3.63) is 0 Å². The molecule has 1 aliphatic rings. The van der Waals surface area contributed by atoms with Crippen LogP contribution < -0.4 is 5.73 Å². The predicted molar refractivity (Wildman–Crippen MR) is 66.2 cm³/mol. The van der Waals surface area contributed by atoms with E-state index in [0.717, 1.165) is 19.6 Å². The molecule has 0 spiro atoms. The molecule has 0 saturated carbocycles. The highest BCUT2D eigenvalue weighted by atomic mass is 16.2. The van der Waals surface area contributed by atoms with Gasteiger partial charge in [-0.1, -0.05) is 0 Å². The maximum absolute atomic E-state index is 11.5. The second kappa shape index (κ2) is 6.21. The summed E-state index contributed by atoms with van der Waals surface area (Å²) in [7, 11) is 0. The molecule has 2 N–H and O–H groups in total. The molecule has 4 nitrogen and oxygen atoms in total. The van der Waals surface area contributed by atoms with Crippen LogP contribution in [0.2, 0.25) is 0 Å². The molecule has 1 atom stereocenters. The number of nitrogens with zero attached hydrogens (tertiary/aromatic N) is 2. The van der Waals surface area contributed by atoms with Crippen molar-refractivity contribution in [3.8, 4) is 0 Å². The highest BCUT2D eigenvalue weighted by Gasteiger charge is 2.27. The topological polar surface area (TPSA) is 49.6 Å². The van der Waals surface area contributed by atoms with Gasteiger partial charge in [0.15, 0.2) is 0 Å². The maximum atomic E-state index is 11.5. The Morgan fingerprint density at radius 1 is 1.56 bits per heavy atom. The van der Waals surface area contributed by atoms with Crippen molar-refractivity contribution >= 4 is 5.91 Å². The molecule has 4 heteroatoms. The Bertz CT molecular complexity index is 230. The molecule has 0 radical (unpaired) electrons. The molecule has 1 fully saturated rings. The lowest BCUT2D eigenvalue weighted by molar-refractivity contribution is -0.131. The van der Waals surface area contributed by atoms with Crippen molar-refractivity contribution < 1.29 is 4.79 Å². The molecule has 16 heavy (non-hydrogen) atoms. The molecule has 0 bridgehead atoms. The van der Waals surface area contributed by atoms with Gasteiger partial charge in [-0.3, -0.25) is 9.69 Å². The predicted octanol–water partition coefficient (Wildman–Crippen LogP) is 0.666. The zero-order valence-electron chi connectivity index (χ0n) is 10.8. The van der Waals surface area contributed by atoms with Gasteiger partial charge >= 0.3 is 0 Å². The number of likely N-dealkylation sites (tertiary alicyclic amines) is 1. The lowest BCUT2D eigenvalue weighted by Gasteiger charge is -2.32. The van der Waals surface area contributed by atoms with E-state index in [9.17, 15) is 4.79 Å². The maximum Gasteiger partial charge on any atom is 0.219 e. The SMILES string of the molecule is CC(=O)N(C[C@@H]1CCCN1CCN)C(C)C. The van der Waals surface area contributed by atoms with Crippen LogP contribution in [0.25, 0.3) is 0 Å². The van der Waals surface area contributed by atoms with Crippen molar-refractivity contribution in [2.24, 2.45) is 5.73 Å².